The first kappa shape index (κ1) is 13.1. The molecule has 0 aliphatic rings. The number of nitrogens with two attached hydrogens (primary N) is 1. The smallest absolute Gasteiger partial charge is 0.311 e. The van der Waals surface area contributed by atoms with Gasteiger partial charge in [0.25, 0.3) is 0 Å². The van der Waals surface area contributed by atoms with Crippen LogP contribution in [0.3, 0.4) is 0 Å². The van der Waals surface area contributed by atoms with Crippen LogP contribution in [0.1, 0.15) is 0 Å². The minimum Gasteiger partial charge on any atom is -1.00 e. The zero-order valence-electron chi connectivity index (χ0n) is 10.0. The molecule has 96 valence electrons. The van der Waals surface area contributed by atoms with E-state index in [9.17, 15) is 0 Å². The number of hydrogen-bond donors (Lipinski definition) is 1. The van der Waals surface area contributed by atoms with E-state index in [2.05, 4.69) is 5.27 Å². The van der Waals surface area contributed by atoms with E-state index in [4.69, 9.17) is 10.3 Å². The summed E-state index contributed by atoms with van der Waals surface area (Å²) in [5, 5.41) is 3.98. The Hall–Kier alpha value is -2.33. The highest BCUT2D eigenvalue weighted by atomic mass is 35.5. The molecule has 0 unspecified atom stereocenters. The summed E-state index contributed by atoms with van der Waals surface area (Å²) < 4.78 is 6.79. The predicted molar refractivity (Wildman–Crippen MR) is 67.9 cm³/mol. The molecule has 0 amide bonds. The molecule has 0 bridgehead atoms. The Bertz CT molecular complexity index is 653. The number of nitrogens with zero attached hydrogens (tertiary/aromatic N) is 2. The van der Waals surface area contributed by atoms with Crippen molar-refractivity contribution in [3.8, 4) is 16.9 Å². The molecule has 0 aliphatic heterocycles. The Morgan fingerprint density at radius 2 is 1.47 bits per heavy atom. The van der Waals surface area contributed by atoms with Crippen LogP contribution in [0.4, 0.5) is 5.88 Å². The molecular weight excluding hydrogens is 262 g/mol. The molecule has 1 aromatic heterocycles. The van der Waals surface area contributed by atoms with E-state index in [-0.39, 0.29) is 12.4 Å². The molecule has 0 spiro atoms. The lowest BCUT2D eigenvalue weighted by Crippen LogP contribution is -3.00. The number of aromatic nitrogens is 2. The zero-order valence-corrected chi connectivity index (χ0v) is 10.8. The van der Waals surface area contributed by atoms with Crippen LogP contribution in [0.2, 0.25) is 0 Å². The normalized spacial score (nSPS) is 9.89. The van der Waals surface area contributed by atoms with Crippen molar-refractivity contribution in [2.24, 2.45) is 0 Å². The monoisotopic (exact) mass is 273 g/mol. The number of rotatable bonds is 2. The summed E-state index contributed by atoms with van der Waals surface area (Å²) in [4.78, 5) is 0. The van der Waals surface area contributed by atoms with Gasteiger partial charge in [-0.2, -0.15) is 0 Å². The standard InChI is InChI=1S/C14H12N3O.ClH/c15-14-13(11-7-3-1-4-8-11)17(16-18-14)12-9-5-2-6-10-12;/h1-10H,15H2;1H/q+1;/p-1. The van der Waals surface area contributed by atoms with Crippen LogP contribution in [-0.2, 0) is 0 Å². The largest absolute Gasteiger partial charge is 1.00 e. The molecule has 0 saturated heterocycles. The van der Waals surface area contributed by atoms with Gasteiger partial charge in [0.05, 0.1) is 5.56 Å². The molecule has 5 heteroatoms. The first-order chi connectivity index (χ1) is 8.86. The van der Waals surface area contributed by atoms with Gasteiger partial charge in [-0.3, -0.25) is 4.52 Å². The van der Waals surface area contributed by atoms with Gasteiger partial charge in [0.15, 0.2) is 0 Å². The zero-order chi connectivity index (χ0) is 12.4. The average molecular weight is 274 g/mol. The molecule has 2 N–H and O–H groups in total. The number of nitrogen functional groups attached to an aromatic ring is 1. The number of halogens is 1. The number of hydrogen-bond acceptors (Lipinski definition) is 3. The summed E-state index contributed by atoms with van der Waals surface area (Å²) in [6, 6.07) is 19.6. The molecule has 0 fully saturated rings. The Labute approximate surface area is 116 Å². The van der Waals surface area contributed by atoms with Crippen LogP contribution in [0.5, 0.6) is 0 Å². The molecule has 4 nitrogen and oxygen atoms in total. The van der Waals surface area contributed by atoms with Gasteiger partial charge in [0, 0.05) is 12.1 Å². The van der Waals surface area contributed by atoms with E-state index in [0.29, 0.717) is 5.88 Å². The molecule has 0 saturated carbocycles. The van der Waals surface area contributed by atoms with Crippen LogP contribution in [0.15, 0.2) is 65.2 Å². The Morgan fingerprint density at radius 3 is 2.11 bits per heavy atom. The molecule has 1 heterocycles. The van der Waals surface area contributed by atoms with Crippen molar-refractivity contribution in [1.82, 2.24) is 5.27 Å². The maximum Gasteiger partial charge on any atom is 0.311 e. The molecule has 3 rings (SSSR count). The van der Waals surface area contributed by atoms with Crippen molar-refractivity contribution in [3.05, 3.63) is 60.7 Å². The summed E-state index contributed by atoms with van der Waals surface area (Å²) in [5.41, 5.74) is 8.51. The number of anilines is 1. The van der Waals surface area contributed by atoms with Gasteiger partial charge in [0.1, 0.15) is 0 Å². The van der Waals surface area contributed by atoms with Crippen LogP contribution < -0.4 is 22.8 Å². The van der Waals surface area contributed by atoms with Gasteiger partial charge >= 0.3 is 11.6 Å². The maximum absolute atomic E-state index is 5.86. The van der Waals surface area contributed by atoms with Gasteiger partial charge in [-0.25, -0.2) is 0 Å². The lowest BCUT2D eigenvalue weighted by molar-refractivity contribution is -0.660. The third kappa shape index (κ3) is 2.44. The van der Waals surface area contributed by atoms with Crippen LogP contribution in [0, 0.1) is 0 Å². The first-order valence-electron chi connectivity index (χ1n) is 5.64. The van der Waals surface area contributed by atoms with Crippen molar-refractivity contribution in [2.75, 3.05) is 5.73 Å². The maximum atomic E-state index is 5.86. The average Bonchev–Trinajstić information content (AvgIpc) is 2.83. The first-order valence-corrected chi connectivity index (χ1v) is 5.64. The second-order valence-electron chi connectivity index (χ2n) is 3.90. The fourth-order valence-corrected chi connectivity index (χ4v) is 1.88. The van der Waals surface area contributed by atoms with Crippen molar-refractivity contribution in [3.63, 3.8) is 0 Å². The van der Waals surface area contributed by atoms with E-state index in [1.165, 1.54) is 0 Å². The fraction of sp³-hybridized carbons (Fsp3) is 0. The van der Waals surface area contributed by atoms with Crippen molar-refractivity contribution < 1.29 is 21.6 Å². The number of benzene rings is 2. The van der Waals surface area contributed by atoms with Crippen LogP contribution >= 0.6 is 0 Å². The molecule has 0 atom stereocenters. The van der Waals surface area contributed by atoms with Gasteiger partial charge in [-0.05, 0) is 16.8 Å². The molecule has 0 aliphatic carbocycles. The van der Waals surface area contributed by atoms with E-state index in [1.54, 1.807) is 4.68 Å². The van der Waals surface area contributed by atoms with E-state index >= 15 is 0 Å². The summed E-state index contributed by atoms with van der Waals surface area (Å²) in [6.07, 6.45) is 0. The molecule has 19 heavy (non-hydrogen) atoms. The molecular formula is C14H12ClN3O. The minimum absolute atomic E-state index is 0. The summed E-state index contributed by atoms with van der Waals surface area (Å²) in [5.74, 6) is 0.310. The summed E-state index contributed by atoms with van der Waals surface area (Å²) in [7, 11) is 0. The lowest BCUT2D eigenvalue weighted by Gasteiger charge is -1.94. The van der Waals surface area contributed by atoms with Crippen molar-refractivity contribution in [1.29, 1.82) is 0 Å². The Balaban J connectivity index is 0.00000133. The second kappa shape index (κ2) is 5.54. The predicted octanol–water partition coefficient (Wildman–Crippen LogP) is -0.796. The second-order valence-corrected chi connectivity index (χ2v) is 3.90. The van der Waals surface area contributed by atoms with Crippen molar-refractivity contribution >= 4 is 5.88 Å². The fourth-order valence-electron chi connectivity index (χ4n) is 1.88. The van der Waals surface area contributed by atoms with Gasteiger partial charge < -0.3 is 18.1 Å². The SMILES string of the molecule is Nc1on[n+](-c2ccccc2)c1-c1ccccc1.[Cl-]. The summed E-state index contributed by atoms with van der Waals surface area (Å²) in [6.45, 7) is 0. The Morgan fingerprint density at radius 1 is 0.895 bits per heavy atom. The minimum atomic E-state index is 0. The van der Waals surface area contributed by atoms with Crippen LogP contribution in [-0.4, -0.2) is 5.27 Å². The van der Waals surface area contributed by atoms with Gasteiger partial charge in [-0.15, -0.1) is 0 Å². The Kier molecular flexibility index (Phi) is 3.82. The van der Waals surface area contributed by atoms with E-state index < -0.39 is 0 Å². The van der Waals surface area contributed by atoms with E-state index in [1.807, 2.05) is 60.7 Å². The third-order valence-corrected chi connectivity index (χ3v) is 2.71. The quantitative estimate of drug-likeness (QED) is 0.623. The molecule has 3 aromatic rings. The van der Waals surface area contributed by atoms with Crippen LogP contribution in [0.25, 0.3) is 16.9 Å². The van der Waals surface area contributed by atoms with Gasteiger partial charge in [0.2, 0.25) is 11.0 Å². The highest BCUT2D eigenvalue weighted by Crippen LogP contribution is 2.22. The topological polar surface area (TPSA) is 55.9 Å². The third-order valence-electron chi connectivity index (χ3n) is 2.71. The highest BCUT2D eigenvalue weighted by molar-refractivity contribution is 5.65. The lowest BCUT2D eigenvalue weighted by atomic mass is 10.1. The van der Waals surface area contributed by atoms with Gasteiger partial charge in [-0.1, -0.05) is 36.4 Å². The molecule has 2 aromatic carbocycles. The summed E-state index contributed by atoms with van der Waals surface area (Å²) >= 11 is 0. The number of para-hydroxylation sites is 1. The van der Waals surface area contributed by atoms with Crippen molar-refractivity contribution in [2.45, 2.75) is 0 Å². The van der Waals surface area contributed by atoms with E-state index in [0.717, 1.165) is 16.9 Å². The highest BCUT2D eigenvalue weighted by Gasteiger charge is 2.26. The molecule has 0 radical (unpaired) electrons.